The number of hydrogen-bond donors (Lipinski definition) is 1. The van der Waals surface area contributed by atoms with E-state index < -0.39 is 17.6 Å². The summed E-state index contributed by atoms with van der Waals surface area (Å²) in [7, 11) is 0. The van der Waals surface area contributed by atoms with E-state index >= 15 is 0 Å². The number of piperidine rings is 1. The molecule has 0 radical (unpaired) electrons. The number of nitrogens with zero attached hydrogens (tertiary/aromatic N) is 5. The van der Waals surface area contributed by atoms with Crippen LogP contribution in [0.1, 0.15) is 31.2 Å². The Balaban J connectivity index is 1.44. The summed E-state index contributed by atoms with van der Waals surface area (Å²) in [6.07, 6.45) is 1.26. The summed E-state index contributed by atoms with van der Waals surface area (Å²) in [6, 6.07) is 3.46. The third-order valence-corrected chi connectivity index (χ3v) is 7.07. The van der Waals surface area contributed by atoms with Crippen LogP contribution in [0.5, 0.6) is 0 Å². The third kappa shape index (κ3) is 3.19. The number of hydrogen-bond acceptors (Lipinski definition) is 7. The van der Waals surface area contributed by atoms with Crippen molar-refractivity contribution in [1.29, 1.82) is 0 Å². The summed E-state index contributed by atoms with van der Waals surface area (Å²) in [6.45, 7) is 2.28. The molecule has 5 saturated heterocycles. The molecule has 4 bridgehead atoms. The van der Waals surface area contributed by atoms with Crippen molar-refractivity contribution in [2.75, 3.05) is 35.2 Å². The minimum absolute atomic E-state index is 0.168. The van der Waals surface area contributed by atoms with E-state index in [4.69, 9.17) is 15.5 Å². The van der Waals surface area contributed by atoms with Crippen molar-refractivity contribution in [2.45, 2.75) is 50.0 Å². The Kier molecular flexibility index (Phi) is 4.12. The number of alkyl halides is 3. The van der Waals surface area contributed by atoms with Crippen LogP contribution < -0.4 is 15.5 Å². The Morgan fingerprint density at radius 1 is 1.03 bits per heavy atom. The molecule has 8 rings (SSSR count). The lowest BCUT2D eigenvalue weighted by Crippen LogP contribution is -2.55. The zero-order chi connectivity index (χ0) is 21.3. The quantitative estimate of drug-likeness (QED) is 0.798. The summed E-state index contributed by atoms with van der Waals surface area (Å²) in [5.74, 6) is 1.46. The summed E-state index contributed by atoms with van der Waals surface area (Å²) in [5.41, 5.74) is 5.28. The summed E-state index contributed by atoms with van der Waals surface area (Å²) in [5, 5.41) is 0. The van der Waals surface area contributed by atoms with Gasteiger partial charge in [-0.05, 0) is 37.7 Å². The average molecular weight is 432 g/mol. The van der Waals surface area contributed by atoms with Crippen LogP contribution in [0.3, 0.4) is 0 Å². The van der Waals surface area contributed by atoms with Gasteiger partial charge in [0, 0.05) is 37.0 Å². The molecule has 0 spiro atoms. The Labute approximate surface area is 177 Å². The SMILES string of the molecule is Nc1ncc(-c2cc(N3C[C@@H]4CC[C@H]3CO4)nc(N3CC4CC3C4)n2)cc1C(F)(F)F. The van der Waals surface area contributed by atoms with Crippen molar-refractivity contribution in [2.24, 2.45) is 5.92 Å². The number of nitrogens with two attached hydrogens (primary N) is 1. The predicted octanol–water partition coefficient (Wildman–Crippen LogP) is 3.11. The lowest BCUT2D eigenvalue weighted by Gasteiger charge is -2.45. The summed E-state index contributed by atoms with van der Waals surface area (Å²) in [4.78, 5) is 17.8. The van der Waals surface area contributed by atoms with Gasteiger partial charge in [0.15, 0.2) is 0 Å². The summed E-state index contributed by atoms with van der Waals surface area (Å²) < 4.78 is 46.1. The number of ether oxygens (including phenoxy) is 1. The molecule has 0 aromatic carbocycles. The monoisotopic (exact) mass is 432 g/mol. The molecule has 10 heteroatoms. The molecule has 31 heavy (non-hydrogen) atoms. The number of fused-ring (bicyclic) bond motifs is 4. The van der Waals surface area contributed by atoms with E-state index in [-0.39, 0.29) is 17.7 Å². The number of pyridine rings is 1. The van der Waals surface area contributed by atoms with Crippen LogP contribution in [0.2, 0.25) is 0 Å². The fourth-order valence-electron chi connectivity index (χ4n) is 5.30. The van der Waals surface area contributed by atoms with Gasteiger partial charge in [-0.3, -0.25) is 0 Å². The van der Waals surface area contributed by atoms with E-state index in [0.717, 1.165) is 50.7 Å². The minimum Gasteiger partial charge on any atom is -0.383 e. The van der Waals surface area contributed by atoms with Gasteiger partial charge in [-0.15, -0.1) is 0 Å². The van der Waals surface area contributed by atoms with Crippen LogP contribution in [0.15, 0.2) is 18.3 Å². The van der Waals surface area contributed by atoms with E-state index in [9.17, 15) is 13.2 Å². The second-order valence-corrected chi connectivity index (χ2v) is 9.05. The molecule has 6 aliphatic rings. The summed E-state index contributed by atoms with van der Waals surface area (Å²) >= 11 is 0. The number of aromatic nitrogens is 3. The molecule has 1 aliphatic carbocycles. The Hall–Kier alpha value is -2.62. The molecule has 2 aromatic rings. The van der Waals surface area contributed by atoms with Gasteiger partial charge in [-0.1, -0.05) is 0 Å². The maximum Gasteiger partial charge on any atom is 0.419 e. The van der Waals surface area contributed by atoms with Crippen molar-refractivity contribution in [3.05, 3.63) is 23.9 Å². The lowest BCUT2D eigenvalue weighted by atomic mass is 9.86. The first-order valence-corrected chi connectivity index (χ1v) is 10.7. The van der Waals surface area contributed by atoms with Gasteiger partial charge in [0.2, 0.25) is 5.95 Å². The van der Waals surface area contributed by atoms with E-state index in [1.165, 1.54) is 6.20 Å². The highest BCUT2D eigenvalue weighted by Gasteiger charge is 2.44. The van der Waals surface area contributed by atoms with Gasteiger partial charge in [0.1, 0.15) is 11.6 Å². The fraction of sp³-hybridized carbons (Fsp3) is 0.571. The van der Waals surface area contributed by atoms with Crippen LogP contribution in [0.25, 0.3) is 11.3 Å². The molecule has 164 valence electrons. The van der Waals surface area contributed by atoms with Gasteiger partial charge in [-0.25, -0.2) is 9.97 Å². The smallest absolute Gasteiger partial charge is 0.383 e. The minimum atomic E-state index is -4.58. The van der Waals surface area contributed by atoms with Crippen LogP contribution in [-0.4, -0.2) is 52.8 Å². The first-order valence-electron chi connectivity index (χ1n) is 10.7. The van der Waals surface area contributed by atoms with Crippen LogP contribution in [0.4, 0.5) is 30.8 Å². The second-order valence-electron chi connectivity index (χ2n) is 9.05. The van der Waals surface area contributed by atoms with Gasteiger partial charge in [0.25, 0.3) is 0 Å². The van der Waals surface area contributed by atoms with E-state index in [1.807, 2.05) is 0 Å². The normalized spacial score (nSPS) is 29.4. The standard InChI is InChI=1S/C21H23F3N6O/c22-21(23,24)16-5-12(7-26-19(16)25)17-6-18(29-9-15-2-1-13(29)10-31-15)28-20(27-17)30-8-11-3-14(30)4-11/h5-7,11,13-15H,1-4,8-10H2,(H2,25,26)/t11?,13-,14?,15-/m0/s1. The van der Waals surface area contributed by atoms with E-state index in [1.54, 1.807) is 6.07 Å². The first kappa shape index (κ1) is 19.1. The highest BCUT2D eigenvalue weighted by atomic mass is 19.4. The molecule has 2 N–H and O–H groups in total. The maximum absolute atomic E-state index is 13.4. The van der Waals surface area contributed by atoms with Crippen LogP contribution >= 0.6 is 0 Å². The molecule has 1 saturated carbocycles. The number of anilines is 3. The fourth-order valence-corrected chi connectivity index (χ4v) is 5.30. The maximum atomic E-state index is 13.4. The van der Waals surface area contributed by atoms with E-state index in [0.29, 0.717) is 30.2 Å². The van der Waals surface area contributed by atoms with Crippen LogP contribution in [0, 0.1) is 5.92 Å². The lowest BCUT2D eigenvalue weighted by molar-refractivity contribution is -0.137. The Bertz CT molecular complexity index is 1020. The third-order valence-electron chi connectivity index (χ3n) is 7.07. The van der Waals surface area contributed by atoms with Gasteiger partial charge >= 0.3 is 6.18 Å². The molecule has 2 atom stereocenters. The average Bonchev–Trinajstić information content (AvgIpc) is 3.35. The molecule has 2 aromatic heterocycles. The molecule has 6 fully saturated rings. The topological polar surface area (TPSA) is 80.4 Å². The van der Waals surface area contributed by atoms with Gasteiger partial charge in [-0.2, -0.15) is 18.2 Å². The number of morpholine rings is 1. The van der Waals surface area contributed by atoms with Gasteiger partial charge in [0.05, 0.1) is 30.0 Å². The molecule has 0 amide bonds. The number of rotatable bonds is 3. The first-order chi connectivity index (χ1) is 14.8. The van der Waals surface area contributed by atoms with Crippen molar-refractivity contribution >= 4 is 17.6 Å². The predicted molar refractivity (Wildman–Crippen MR) is 109 cm³/mol. The van der Waals surface area contributed by atoms with Crippen molar-refractivity contribution in [1.82, 2.24) is 15.0 Å². The molecule has 0 unspecified atom stereocenters. The molecular weight excluding hydrogens is 409 g/mol. The van der Waals surface area contributed by atoms with Gasteiger partial charge < -0.3 is 20.3 Å². The molecule has 7 nitrogen and oxygen atoms in total. The largest absolute Gasteiger partial charge is 0.419 e. The Morgan fingerprint density at radius 3 is 2.48 bits per heavy atom. The number of nitrogen functional groups attached to an aromatic ring is 1. The van der Waals surface area contributed by atoms with Crippen molar-refractivity contribution in [3.63, 3.8) is 0 Å². The van der Waals surface area contributed by atoms with Crippen molar-refractivity contribution in [3.8, 4) is 11.3 Å². The molecule has 5 aliphatic heterocycles. The molecule has 7 heterocycles. The van der Waals surface area contributed by atoms with Crippen LogP contribution in [-0.2, 0) is 10.9 Å². The zero-order valence-electron chi connectivity index (χ0n) is 16.8. The number of halogens is 3. The highest BCUT2D eigenvalue weighted by Crippen LogP contribution is 2.43. The molecular formula is C21H23F3N6O. The Morgan fingerprint density at radius 2 is 1.87 bits per heavy atom. The highest BCUT2D eigenvalue weighted by molar-refractivity contribution is 5.67. The van der Waals surface area contributed by atoms with Crippen molar-refractivity contribution < 1.29 is 17.9 Å². The zero-order valence-corrected chi connectivity index (χ0v) is 16.8. The second kappa shape index (κ2) is 6.69. The van der Waals surface area contributed by atoms with E-state index in [2.05, 4.69) is 19.8 Å².